The number of ether oxygens (including phenoxy) is 1. The average molecular weight is 330 g/mol. The van der Waals surface area contributed by atoms with Crippen molar-refractivity contribution in [2.24, 2.45) is 5.92 Å². The molecule has 0 radical (unpaired) electrons. The van der Waals surface area contributed by atoms with Crippen LogP contribution in [0.2, 0.25) is 0 Å². The number of rotatable bonds is 5. The molecule has 0 saturated carbocycles. The van der Waals surface area contributed by atoms with Gasteiger partial charge >= 0.3 is 0 Å². The molecule has 128 valence electrons. The van der Waals surface area contributed by atoms with E-state index in [1.807, 2.05) is 30.3 Å². The van der Waals surface area contributed by atoms with Crippen molar-refractivity contribution in [1.82, 2.24) is 10.5 Å². The van der Waals surface area contributed by atoms with Crippen molar-refractivity contribution in [3.63, 3.8) is 0 Å². The van der Waals surface area contributed by atoms with Crippen LogP contribution in [0.1, 0.15) is 34.5 Å². The number of aliphatic hydroxyl groups is 1. The summed E-state index contributed by atoms with van der Waals surface area (Å²) >= 11 is 0. The van der Waals surface area contributed by atoms with Crippen molar-refractivity contribution >= 4 is 5.91 Å². The predicted octanol–water partition coefficient (Wildman–Crippen LogP) is 2.03. The van der Waals surface area contributed by atoms with Gasteiger partial charge in [0.15, 0.2) is 0 Å². The molecule has 1 atom stereocenters. The van der Waals surface area contributed by atoms with Gasteiger partial charge in [0.1, 0.15) is 16.9 Å². The molecular formula is C18H22N2O4. The summed E-state index contributed by atoms with van der Waals surface area (Å²) in [6, 6.07) is 9.49. The SMILES string of the molecule is Cc1oncc1C(=O)NCC(O)(c1ccccc1)C1CCOCC1. The molecule has 1 amide bonds. The Morgan fingerprint density at radius 3 is 2.67 bits per heavy atom. The summed E-state index contributed by atoms with van der Waals surface area (Å²) in [7, 11) is 0. The molecule has 1 aromatic heterocycles. The highest BCUT2D eigenvalue weighted by Crippen LogP contribution is 2.35. The van der Waals surface area contributed by atoms with Gasteiger partial charge in [-0.2, -0.15) is 0 Å². The molecule has 0 bridgehead atoms. The highest BCUT2D eigenvalue weighted by molar-refractivity contribution is 5.94. The zero-order valence-electron chi connectivity index (χ0n) is 13.7. The van der Waals surface area contributed by atoms with Crippen LogP contribution in [0.5, 0.6) is 0 Å². The molecule has 0 aliphatic carbocycles. The maximum absolute atomic E-state index is 12.3. The molecule has 3 rings (SSSR count). The van der Waals surface area contributed by atoms with Gasteiger partial charge in [0.25, 0.3) is 5.91 Å². The number of aryl methyl sites for hydroxylation is 1. The Labute approximate surface area is 140 Å². The highest BCUT2D eigenvalue weighted by atomic mass is 16.5. The van der Waals surface area contributed by atoms with Crippen LogP contribution < -0.4 is 5.32 Å². The Morgan fingerprint density at radius 2 is 2.04 bits per heavy atom. The molecule has 2 N–H and O–H groups in total. The second-order valence-corrected chi connectivity index (χ2v) is 6.16. The molecule has 0 spiro atoms. The Balaban J connectivity index is 1.80. The van der Waals surface area contributed by atoms with Gasteiger partial charge in [-0.1, -0.05) is 35.5 Å². The Kier molecular flexibility index (Phi) is 4.97. The Hall–Kier alpha value is -2.18. The molecule has 1 aliphatic rings. The third kappa shape index (κ3) is 3.34. The third-order valence-electron chi connectivity index (χ3n) is 4.68. The fourth-order valence-corrected chi connectivity index (χ4v) is 3.21. The maximum Gasteiger partial charge on any atom is 0.256 e. The number of carbonyl (C=O) groups excluding carboxylic acids is 1. The molecule has 1 fully saturated rings. The molecule has 1 unspecified atom stereocenters. The van der Waals surface area contributed by atoms with Gasteiger partial charge in [0, 0.05) is 13.2 Å². The lowest BCUT2D eigenvalue weighted by atomic mass is 9.77. The summed E-state index contributed by atoms with van der Waals surface area (Å²) in [5.74, 6) is 0.189. The predicted molar refractivity (Wildman–Crippen MR) is 87.5 cm³/mol. The van der Waals surface area contributed by atoms with Crippen molar-refractivity contribution in [3.05, 3.63) is 53.4 Å². The average Bonchev–Trinajstić information content (AvgIpc) is 3.07. The zero-order valence-corrected chi connectivity index (χ0v) is 13.7. The molecule has 6 nitrogen and oxygen atoms in total. The van der Waals surface area contributed by atoms with E-state index in [-0.39, 0.29) is 18.4 Å². The largest absolute Gasteiger partial charge is 0.383 e. The molecule has 24 heavy (non-hydrogen) atoms. The number of hydrogen-bond donors (Lipinski definition) is 2. The van der Waals surface area contributed by atoms with Crippen molar-refractivity contribution in [2.75, 3.05) is 19.8 Å². The lowest BCUT2D eigenvalue weighted by Gasteiger charge is -2.39. The summed E-state index contributed by atoms with van der Waals surface area (Å²) in [4.78, 5) is 12.3. The normalized spacial score (nSPS) is 18.1. The van der Waals surface area contributed by atoms with E-state index in [0.717, 1.165) is 18.4 Å². The first-order chi connectivity index (χ1) is 11.6. The Morgan fingerprint density at radius 1 is 1.33 bits per heavy atom. The van der Waals surface area contributed by atoms with Crippen LogP contribution >= 0.6 is 0 Å². The molecule has 6 heteroatoms. The van der Waals surface area contributed by atoms with Gasteiger partial charge in [0.2, 0.25) is 0 Å². The van der Waals surface area contributed by atoms with Crippen LogP contribution in [0.25, 0.3) is 0 Å². The number of nitrogens with one attached hydrogen (secondary N) is 1. The van der Waals surface area contributed by atoms with Crippen LogP contribution in [0.3, 0.4) is 0 Å². The number of benzene rings is 1. The fraction of sp³-hybridized carbons (Fsp3) is 0.444. The molecule has 1 aliphatic heterocycles. The first-order valence-electron chi connectivity index (χ1n) is 8.16. The molecular weight excluding hydrogens is 308 g/mol. The van der Waals surface area contributed by atoms with E-state index >= 15 is 0 Å². The molecule has 2 heterocycles. The molecule has 2 aromatic rings. The van der Waals surface area contributed by atoms with Gasteiger partial charge < -0.3 is 19.7 Å². The minimum Gasteiger partial charge on any atom is -0.383 e. The quantitative estimate of drug-likeness (QED) is 0.876. The second kappa shape index (κ2) is 7.15. The van der Waals surface area contributed by atoms with Gasteiger partial charge in [0.05, 0.1) is 12.7 Å². The number of nitrogens with zero attached hydrogens (tertiary/aromatic N) is 1. The Bertz CT molecular complexity index is 679. The van der Waals surface area contributed by atoms with Crippen LogP contribution in [0, 0.1) is 12.8 Å². The standard InChI is InChI=1S/C18H22N2O4/c1-13-16(11-20-24-13)17(21)19-12-18(22,14-5-3-2-4-6-14)15-7-9-23-10-8-15/h2-6,11,15,22H,7-10,12H2,1H3,(H,19,21). The van der Waals surface area contributed by atoms with Crippen molar-refractivity contribution in [3.8, 4) is 0 Å². The van der Waals surface area contributed by atoms with E-state index in [4.69, 9.17) is 9.26 Å². The fourth-order valence-electron chi connectivity index (χ4n) is 3.21. The summed E-state index contributed by atoms with van der Waals surface area (Å²) in [5.41, 5.74) is 0.0582. The van der Waals surface area contributed by atoms with E-state index in [9.17, 15) is 9.90 Å². The van der Waals surface area contributed by atoms with Crippen molar-refractivity contribution in [1.29, 1.82) is 0 Å². The molecule has 1 saturated heterocycles. The van der Waals surface area contributed by atoms with Gasteiger partial charge in [-0.3, -0.25) is 4.79 Å². The first-order valence-corrected chi connectivity index (χ1v) is 8.16. The monoisotopic (exact) mass is 330 g/mol. The summed E-state index contributed by atoms with van der Waals surface area (Å²) < 4.78 is 10.3. The van der Waals surface area contributed by atoms with Crippen LogP contribution in [-0.4, -0.2) is 35.9 Å². The van der Waals surface area contributed by atoms with Crippen LogP contribution in [-0.2, 0) is 10.3 Å². The minimum atomic E-state index is -1.13. The number of hydrogen-bond acceptors (Lipinski definition) is 5. The number of aromatic nitrogens is 1. The zero-order chi connectivity index (χ0) is 17.0. The van der Waals surface area contributed by atoms with Crippen molar-refractivity contribution < 1.29 is 19.2 Å². The number of carbonyl (C=O) groups is 1. The van der Waals surface area contributed by atoms with E-state index in [1.54, 1.807) is 6.92 Å². The maximum atomic E-state index is 12.3. The van der Waals surface area contributed by atoms with Gasteiger partial charge in [-0.25, -0.2) is 0 Å². The van der Waals surface area contributed by atoms with Crippen molar-refractivity contribution in [2.45, 2.75) is 25.4 Å². The van der Waals surface area contributed by atoms with E-state index in [1.165, 1.54) is 6.20 Å². The third-order valence-corrected chi connectivity index (χ3v) is 4.68. The van der Waals surface area contributed by atoms with E-state index in [0.29, 0.717) is 24.5 Å². The van der Waals surface area contributed by atoms with Crippen LogP contribution in [0.15, 0.2) is 41.1 Å². The molecule has 1 aromatic carbocycles. The van der Waals surface area contributed by atoms with E-state index < -0.39 is 5.60 Å². The summed E-state index contributed by atoms with van der Waals surface area (Å²) in [6.45, 7) is 3.06. The first kappa shape index (κ1) is 16.7. The van der Waals surface area contributed by atoms with Crippen LogP contribution in [0.4, 0.5) is 0 Å². The summed E-state index contributed by atoms with van der Waals surface area (Å²) in [6.07, 6.45) is 2.90. The lowest BCUT2D eigenvalue weighted by molar-refractivity contribution is -0.0680. The number of amides is 1. The highest BCUT2D eigenvalue weighted by Gasteiger charge is 2.39. The topological polar surface area (TPSA) is 84.6 Å². The van der Waals surface area contributed by atoms with Gasteiger partial charge in [-0.15, -0.1) is 0 Å². The van der Waals surface area contributed by atoms with E-state index in [2.05, 4.69) is 10.5 Å². The second-order valence-electron chi connectivity index (χ2n) is 6.16. The summed E-state index contributed by atoms with van der Waals surface area (Å²) in [5, 5.41) is 17.9. The van der Waals surface area contributed by atoms with Gasteiger partial charge in [-0.05, 0) is 31.2 Å². The smallest absolute Gasteiger partial charge is 0.256 e. The lowest BCUT2D eigenvalue weighted by Crippen LogP contribution is -2.47. The minimum absolute atomic E-state index is 0.0255.